The van der Waals surface area contributed by atoms with Gasteiger partial charge in [0.15, 0.2) is 0 Å². The average molecular weight is 739 g/mol. The van der Waals surface area contributed by atoms with Gasteiger partial charge in [-0.15, -0.1) is 13.2 Å². The molecule has 4 aliphatic rings. The zero-order valence-corrected chi connectivity index (χ0v) is 33.4. The Bertz CT molecular complexity index is 2430. The number of fused-ring (bicyclic) bond motifs is 6. The van der Waals surface area contributed by atoms with E-state index in [-0.39, 0.29) is 0 Å². The van der Waals surface area contributed by atoms with Crippen LogP contribution < -0.4 is 0 Å². The monoisotopic (exact) mass is 738 g/mol. The molecule has 8 atom stereocenters. The van der Waals surface area contributed by atoms with Crippen molar-refractivity contribution in [2.75, 3.05) is 0 Å². The highest BCUT2D eigenvalue weighted by molar-refractivity contribution is 5.75. The Kier molecular flexibility index (Phi) is 8.52. The lowest BCUT2D eigenvalue weighted by Crippen LogP contribution is -2.23. The Hall–Kier alpha value is -5.86. The molecule has 0 N–H and O–H groups in total. The molecule has 2 fully saturated rings. The normalized spacial score (nSPS) is 25.2. The lowest BCUT2D eigenvalue weighted by atomic mass is 9.81. The summed E-state index contributed by atoms with van der Waals surface area (Å²) in [6.07, 6.45) is 13.9. The van der Waals surface area contributed by atoms with Crippen molar-refractivity contribution in [1.82, 2.24) is 9.97 Å². The van der Waals surface area contributed by atoms with Gasteiger partial charge in [0.2, 0.25) is 0 Å². The molecule has 0 amide bonds. The predicted octanol–water partition coefficient (Wildman–Crippen LogP) is 13.8. The zero-order chi connectivity index (χ0) is 39.0. The van der Waals surface area contributed by atoms with Gasteiger partial charge in [-0.25, -0.2) is 0 Å². The molecule has 0 radical (unpaired) electrons. The quantitative estimate of drug-likeness (QED) is 0.145. The molecule has 2 heterocycles. The van der Waals surface area contributed by atoms with Gasteiger partial charge >= 0.3 is 0 Å². The topological polar surface area (TPSA) is 25.8 Å². The first-order valence-corrected chi connectivity index (χ1v) is 20.8. The van der Waals surface area contributed by atoms with Gasteiger partial charge in [0.1, 0.15) is 0 Å². The molecule has 4 aromatic carbocycles. The molecule has 0 aliphatic heterocycles. The van der Waals surface area contributed by atoms with Crippen LogP contribution in [0.4, 0.5) is 0 Å². The summed E-state index contributed by atoms with van der Waals surface area (Å²) in [6, 6.07) is 44.7. The fourth-order valence-electron chi connectivity index (χ4n) is 10.0. The van der Waals surface area contributed by atoms with Crippen molar-refractivity contribution in [3.8, 4) is 44.8 Å². The number of nitrogens with zero attached hydrogens (tertiary/aromatic N) is 2. The maximum absolute atomic E-state index is 5.56. The van der Waals surface area contributed by atoms with Crippen LogP contribution in [-0.2, 0) is 5.41 Å². The third-order valence-corrected chi connectivity index (χ3v) is 13.7. The van der Waals surface area contributed by atoms with Crippen LogP contribution in [0, 0.1) is 23.7 Å². The average Bonchev–Trinajstić information content (AvgIpc) is 4.18. The van der Waals surface area contributed by atoms with Gasteiger partial charge in [0, 0.05) is 16.5 Å². The molecule has 2 heteroatoms. The van der Waals surface area contributed by atoms with E-state index in [0.29, 0.717) is 47.3 Å². The number of hydrogen-bond donors (Lipinski definition) is 0. The number of allylic oxidation sites excluding steroid dienone is 6. The van der Waals surface area contributed by atoms with Crippen molar-refractivity contribution < 1.29 is 0 Å². The molecule has 6 aromatic rings. The van der Waals surface area contributed by atoms with Crippen molar-refractivity contribution in [1.29, 1.82) is 0 Å². The third-order valence-electron chi connectivity index (χ3n) is 13.7. The summed E-state index contributed by atoms with van der Waals surface area (Å²) in [7, 11) is 0. The van der Waals surface area contributed by atoms with Gasteiger partial charge in [-0.2, -0.15) is 0 Å². The minimum absolute atomic E-state index is 0.343. The molecule has 4 aliphatic carbocycles. The van der Waals surface area contributed by atoms with Crippen LogP contribution in [0.15, 0.2) is 171 Å². The van der Waals surface area contributed by atoms with E-state index < -0.39 is 5.41 Å². The first-order valence-electron chi connectivity index (χ1n) is 20.8. The third kappa shape index (κ3) is 6.09. The van der Waals surface area contributed by atoms with Crippen LogP contribution in [0.3, 0.4) is 0 Å². The fraction of sp³-hybridized carbons (Fsp3) is 0.236. The zero-order valence-electron chi connectivity index (χ0n) is 33.4. The van der Waals surface area contributed by atoms with E-state index >= 15 is 0 Å². The van der Waals surface area contributed by atoms with E-state index in [1.807, 2.05) is 0 Å². The summed E-state index contributed by atoms with van der Waals surface area (Å²) in [5, 5.41) is 0. The smallest absolute Gasteiger partial charge is 0.0711 e. The molecule has 2 nitrogen and oxygen atoms in total. The molecule has 0 spiro atoms. The van der Waals surface area contributed by atoms with E-state index in [1.54, 1.807) is 0 Å². The summed E-state index contributed by atoms with van der Waals surface area (Å²) >= 11 is 0. The molecular weight excluding hydrogens is 689 g/mol. The van der Waals surface area contributed by atoms with Gasteiger partial charge in [-0.1, -0.05) is 135 Å². The standard InChI is InChI=1S/C55H50N2/c1-7-41-43-23-19-33(3)47-27-37(21-25-45(47)53(41)43)49-29-39(35-15-11-9-12-16-35)31-51(56-49)55(5,6)52-32-40(36-17-13-10-14-18-36)30-50(57-52)38-22-26-46-48(28-38)34(4)20-24-44-42(8-2)54(44)46/h7-34,41-44,53-54H,1-2H2,3-6H3. The second kappa shape index (κ2) is 13.7. The van der Waals surface area contributed by atoms with E-state index in [9.17, 15) is 0 Å². The van der Waals surface area contributed by atoms with Crippen LogP contribution in [0.5, 0.6) is 0 Å². The molecule has 2 aromatic heterocycles. The van der Waals surface area contributed by atoms with Crippen LogP contribution in [-0.4, -0.2) is 9.97 Å². The molecule has 0 saturated heterocycles. The highest BCUT2D eigenvalue weighted by Gasteiger charge is 2.50. The minimum atomic E-state index is -0.528. The van der Waals surface area contributed by atoms with Gasteiger partial charge < -0.3 is 0 Å². The van der Waals surface area contributed by atoms with Crippen LogP contribution in [0.2, 0.25) is 0 Å². The number of rotatable bonds is 8. The number of hydrogen-bond acceptors (Lipinski definition) is 2. The van der Waals surface area contributed by atoms with Crippen molar-refractivity contribution in [2.24, 2.45) is 23.7 Å². The molecule has 8 unspecified atom stereocenters. The Morgan fingerprint density at radius 3 is 1.28 bits per heavy atom. The second-order valence-electron chi connectivity index (χ2n) is 17.5. The Labute approximate surface area is 338 Å². The molecule has 2 saturated carbocycles. The van der Waals surface area contributed by atoms with E-state index in [1.165, 1.54) is 33.4 Å². The first kappa shape index (κ1) is 35.5. The SMILES string of the molecule is C=CC1C2C=CC(C)c3cc(-c4cc(-c5ccccc5)cc(C(C)(C)c5cc(-c6ccccc6)cc(-c6ccc7c(c6)C(C)C=CC6C(C=C)C76)n5)n4)ccc3C12. The maximum atomic E-state index is 5.56. The van der Waals surface area contributed by atoms with Crippen molar-refractivity contribution in [3.63, 3.8) is 0 Å². The van der Waals surface area contributed by atoms with Gasteiger partial charge in [0.05, 0.1) is 22.8 Å². The van der Waals surface area contributed by atoms with Gasteiger partial charge in [-0.05, 0) is 142 Å². The van der Waals surface area contributed by atoms with Crippen LogP contribution in [0.25, 0.3) is 44.8 Å². The highest BCUT2D eigenvalue weighted by Crippen LogP contribution is 2.60. The molecular formula is C55H50N2. The molecule has 280 valence electrons. The Morgan fingerprint density at radius 1 is 0.456 bits per heavy atom. The van der Waals surface area contributed by atoms with Crippen molar-refractivity contribution >= 4 is 0 Å². The first-order chi connectivity index (χ1) is 27.7. The van der Waals surface area contributed by atoms with Crippen molar-refractivity contribution in [3.05, 3.63) is 205 Å². The van der Waals surface area contributed by atoms with Crippen LogP contribution in [0.1, 0.15) is 85.0 Å². The summed E-state index contributed by atoms with van der Waals surface area (Å²) in [4.78, 5) is 11.1. The number of pyridine rings is 2. The Balaban J connectivity index is 1.11. The van der Waals surface area contributed by atoms with E-state index in [0.717, 1.165) is 45.0 Å². The summed E-state index contributed by atoms with van der Waals surface area (Å²) in [5.74, 6) is 3.91. The fourth-order valence-corrected chi connectivity index (χ4v) is 10.0. The summed E-state index contributed by atoms with van der Waals surface area (Å²) in [5.41, 5.74) is 16.1. The summed E-state index contributed by atoms with van der Waals surface area (Å²) in [6.45, 7) is 17.5. The lowest BCUT2D eigenvalue weighted by molar-refractivity contribution is 0.597. The Morgan fingerprint density at radius 2 is 0.877 bits per heavy atom. The lowest BCUT2D eigenvalue weighted by Gasteiger charge is -2.27. The largest absolute Gasteiger partial charge is 0.252 e. The van der Waals surface area contributed by atoms with Crippen molar-refractivity contribution in [2.45, 2.75) is 56.8 Å². The second-order valence-corrected chi connectivity index (χ2v) is 17.5. The van der Waals surface area contributed by atoms with Gasteiger partial charge in [0.25, 0.3) is 0 Å². The number of benzene rings is 4. The molecule has 0 bridgehead atoms. The summed E-state index contributed by atoms with van der Waals surface area (Å²) < 4.78 is 0. The molecule has 57 heavy (non-hydrogen) atoms. The highest BCUT2D eigenvalue weighted by atomic mass is 14.8. The van der Waals surface area contributed by atoms with E-state index in [4.69, 9.17) is 9.97 Å². The van der Waals surface area contributed by atoms with E-state index in [2.05, 4.69) is 199 Å². The number of aromatic nitrogens is 2. The van der Waals surface area contributed by atoms with Gasteiger partial charge in [-0.3, -0.25) is 9.97 Å². The molecule has 10 rings (SSSR count). The minimum Gasteiger partial charge on any atom is -0.252 e. The maximum Gasteiger partial charge on any atom is 0.0711 e. The van der Waals surface area contributed by atoms with Crippen LogP contribution >= 0.6 is 0 Å². The predicted molar refractivity (Wildman–Crippen MR) is 237 cm³/mol.